The first-order valence-corrected chi connectivity index (χ1v) is 8.55. The summed E-state index contributed by atoms with van der Waals surface area (Å²) >= 11 is 0. The first-order valence-electron chi connectivity index (χ1n) is 8.55. The molecule has 2 aromatic carbocycles. The summed E-state index contributed by atoms with van der Waals surface area (Å²) in [6, 6.07) is 18.8. The zero-order chi connectivity index (χ0) is 17.2. The maximum atomic E-state index is 5.96. The summed E-state index contributed by atoms with van der Waals surface area (Å²) in [6.07, 6.45) is 2.00. The molecular formula is C20H29IN4. The summed E-state index contributed by atoms with van der Waals surface area (Å²) in [4.78, 5) is 6.72. The van der Waals surface area contributed by atoms with Gasteiger partial charge < -0.3 is 16.0 Å². The van der Waals surface area contributed by atoms with Gasteiger partial charge in [-0.25, -0.2) is 0 Å². The number of nitrogens with one attached hydrogen (secondary N) is 1. The van der Waals surface area contributed by atoms with Crippen molar-refractivity contribution in [1.82, 2.24) is 4.90 Å². The van der Waals surface area contributed by atoms with Gasteiger partial charge in [0.1, 0.15) is 0 Å². The number of aliphatic imine (C=N–C) groups is 1. The van der Waals surface area contributed by atoms with Gasteiger partial charge in [-0.1, -0.05) is 49.4 Å². The van der Waals surface area contributed by atoms with Crippen molar-refractivity contribution >= 4 is 35.6 Å². The van der Waals surface area contributed by atoms with Gasteiger partial charge in [0.05, 0.1) is 0 Å². The summed E-state index contributed by atoms with van der Waals surface area (Å²) in [5.41, 5.74) is 9.58. The van der Waals surface area contributed by atoms with Crippen LogP contribution in [0.4, 0.5) is 5.69 Å². The van der Waals surface area contributed by atoms with Crippen molar-refractivity contribution in [2.45, 2.75) is 26.3 Å². The number of aryl methyl sites for hydroxylation is 1. The topological polar surface area (TPSA) is 53.6 Å². The van der Waals surface area contributed by atoms with Gasteiger partial charge in [0.15, 0.2) is 5.96 Å². The van der Waals surface area contributed by atoms with Crippen molar-refractivity contribution in [2.75, 3.05) is 25.5 Å². The van der Waals surface area contributed by atoms with Crippen molar-refractivity contribution in [3.8, 4) is 0 Å². The van der Waals surface area contributed by atoms with E-state index in [2.05, 4.69) is 65.6 Å². The quantitative estimate of drug-likeness (QED) is 0.274. The van der Waals surface area contributed by atoms with Crippen LogP contribution in [0, 0.1) is 0 Å². The van der Waals surface area contributed by atoms with Crippen LogP contribution < -0.4 is 11.1 Å². The van der Waals surface area contributed by atoms with E-state index in [0.29, 0.717) is 5.96 Å². The average Bonchev–Trinajstić information content (AvgIpc) is 2.60. The summed E-state index contributed by atoms with van der Waals surface area (Å²) < 4.78 is 0. The Kier molecular flexibility index (Phi) is 10.2. The van der Waals surface area contributed by atoms with Gasteiger partial charge in [-0.05, 0) is 49.7 Å². The number of anilines is 1. The first kappa shape index (κ1) is 21.4. The van der Waals surface area contributed by atoms with Crippen molar-refractivity contribution < 1.29 is 0 Å². The van der Waals surface area contributed by atoms with Crippen LogP contribution in [0.25, 0.3) is 0 Å². The molecule has 0 saturated heterocycles. The fourth-order valence-corrected chi connectivity index (χ4v) is 2.57. The number of hydrogen-bond donors (Lipinski definition) is 2. The SMILES string of the molecule is CCc1cccc(NC(N)=NCCCN(C)Cc2ccccc2)c1.I. The Morgan fingerprint density at radius 2 is 1.80 bits per heavy atom. The molecular weight excluding hydrogens is 423 g/mol. The monoisotopic (exact) mass is 452 g/mol. The highest BCUT2D eigenvalue weighted by atomic mass is 127. The molecule has 0 aliphatic heterocycles. The highest BCUT2D eigenvalue weighted by molar-refractivity contribution is 14.0. The van der Waals surface area contributed by atoms with Crippen LogP contribution >= 0.6 is 24.0 Å². The van der Waals surface area contributed by atoms with Crippen molar-refractivity contribution in [1.29, 1.82) is 0 Å². The molecule has 0 spiro atoms. The Bertz CT molecular complexity index is 643. The molecule has 5 heteroatoms. The highest BCUT2D eigenvalue weighted by Gasteiger charge is 2.00. The molecule has 136 valence electrons. The van der Waals surface area contributed by atoms with Crippen LogP contribution in [0.3, 0.4) is 0 Å². The number of hydrogen-bond acceptors (Lipinski definition) is 2. The Hall–Kier alpha value is -1.60. The van der Waals surface area contributed by atoms with E-state index in [1.54, 1.807) is 0 Å². The summed E-state index contributed by atoms with van der Waals surface area (Å²) in [6.45, 7) is 4.83. The molecule has 2 rings (SSSR count). The van der Waals surface area contributed by atoms with Crippen molar-refractivity contribution in [3.63, 3.8) is 0 Å². The van der Waals surface area contributed by atoms with E-state index in [1.165, 1.54) is 11.1 Å². The molecule has 0 aliphatic rings. The summed E-state index contributed by atoms with van der Waals surface area (Å²) in [7, 11) is 2.13. The van der Waals surface area contributed by atoms with E-state index < -0.39 is 0 Å². The van der Waals surface area contributed by atoms with Crippen LogP contribution in [0.5, 0.6) is 0 Å². The van der Waals surface area contributed by atoms with Gasteiger partial charge >= 0.3 is 0 Å². The van der Waals surface area contributed by atoms with Gasteiger partial charge in [-0.3, -0.25) is 4.99 Å². The van der Waals surface area contributed by atoms with Crippen molar-refractivity contribution in [3.05, 3.63) is 65.7 Å². The number of guanidine groups is 1. The second-order valence-corrected chi connectivity index (χ2v) is 6.02. The molecule has 0 fully saturated rings. The average molecular weight is 452 g/mol. The molecule has 0 radical (unpaired) electrons. The lowest BCUT2D eigenvalue weighted by atomic mass is 10.1. The van der Waals surface area contributed by atoms with Crippen LogP contribution in [0.15, 0.2) is 59.6 Å². The summed E-state index contributed by atoms with van der Waals surface area (Å²) in [5, 5.41) is 3.16. The minimum atomic E-state index is 0. The minimum Gasteiger partial charge on any atom is -0.370 e. The Morgan fingerprint density at radius 1 is 1.08 bits per heavy atom. The Morgan fingerprint density at radius 3 is 2.52 bits per heavy atom. The molecule has 25 heavy (non-hydrogen) atoms. The van der Waals surface area contributed by atoms with Gasteiger partial charge in [0.2, 0.25) is 0 Å². The molecule has 3 N–H and O–H groups in total. The number of nitrogens with zero attached hydrogens (tertiary/aromatic N) is 2. The van der Waals surface area contributed by atoms with Crippen LogP contribution in [-0.4, -0.2) is 31.0 Å². The third-order valence-electron chi connectivity index (χ3n) is 3.88. The van der Waals surface area contributed by atoms with E-state index in [0.717, 1.165) is 38.2 Å². The predicted molar refractivity (Wildman–Crippen MR) is 119 cm³/mol. The zero-order valence-electron chi connectivity index (χ0n) is 15.1. The standard InChI is InChI=1S/C20H28N4.HI/c1-3-17-11-7-12-19(15-17)23-20(21)22-13-8-14-24(2)16-18-9-5-4-6-10-18;/h4-7,9-12,15H,3,8,13-14,16H2,1-2H3,(H3,21,22,23);1H. The third-order valence-corrected chi connectivity index (χ3v) is 3.88. The molecule has 0 atom stereocenters. The molecule has 0 bridgehead atoms. The molecule has 0 saturated carbocycles. The van der Waals surface area contributed by atoms with E-state index >= 15 is 0 Å². The number of nitrogens with two attached hydrogens (primary N) is 1. The lowest BCUT2D eigenvalue weighted by Gasteiger charge is -2.16. The van der Waals surface area contributed by atoms with Crippen LogP contribution in [0.2, 0.25) is 0 Å². The van der Waals surface area contributed by atoms with Crippen LogP contribution in [0.1, 0.15) is 24.5 Å². The fourth-order valence-electron chi connectivity index (χ4n) is 2.57. The van der Waals surface area contributed by atoms with Crippen molar-refractivity contribution in [2.24, 2.45) is 10.7 Å². The lowest BCUT2D eigenvalue weighted by molar-refractivity contribution is 0.324. The molecule has 0 unspecified atom stereocenters. The number of benzene rings is 2. The predicted octanol–water partition coefficient (Wildman–Crippen LogP) is 4.12. The zero-order valence-corrected chi connectivity index (χ0v) is 17.4. The Balaban J connectivity index is 0.00000312. The molecule has 4 nitrogen and oxygen atoms in total. The maximum Gasteiger partial charge on any atom is 0.193 e. The largest absolute Gasteiger partial charge is 0.370 e. The van der Waals surface area contributed by atoms with Gasteiger partial charge in [-0.2, -0.15) is 0 Å². The summed E-state index contributed by atoms with van der Waals surface area (Å²) in [5.74, 6) is 0.481. The van der Waals surface area contributed by atoms with Gasteiger partial charge in [0.25, 0.3) is 0 Å². The highest BCUT2D eigenvalue weighted by Crippen LogP contribution is 2.10. The normalized spacial score (nSPS) is 11.2. The minimum absolute atomic E-state index is 0. The fraction of sp³-hybridized carbons (Fsp3) is 0.350. The number of halogens is 1. The third kappa shape index (κ3) is 8.36. The van der Waals surface area contributed by atoms with Gasteiger partial charge in [0, 0.05) is 18.8 Å². The molecule has 0 aromatic heterocycles. The smallest absolute Gasteiger partial charge is 0.193 e. The van der Waals surface area contributed by atoms with Crippen LogP contribution in [-0.2, 0) is 13.0 Å². The maximum absolute atomic E-state index is 5.96. The molecule has 2 aromatic rings. The van der Waals surface area contributed by atoms with E-state index in [-0.39, 0.29) is 24.0 Å². The van der Waals surface area contributed by atoms with E-state index in [1.807, 2.05) is 18.2 Å². The molecule has 0 amide bonds. The molecule has 0 aliphatic carbocycles. The van der Waals surface area contributed by atoms with E-state index in [4.69, 9.17) is 5.73 Å². The first-order chi connectivity index (χ1) is 11.7. The second-order valence-electron chi connectivity index (χ2n) is 6.02. The van der Waals surface area contributed by atoms with E-state index in [9.17, 15) is 0 Å². The Labute approximate surface area is 168 Å². The molecule has 0 heterocycles. The van der Waals surface area contributed by atoms with Gasteiger partial charge in [-0.15, -0.1) is 24.0 Å². The number of rotatable bonds is 8. The lowest BCUT2D eigenvalue weighted by Crippen LogP contribution is -2.24. The second kappa shape index (κ2) is 11.9.